The largest absolute Gasteiger partial charge is 0.399 e. The number of carbonyl (C=O) groups is 1. The molecule has 1 heterocycles. The lowest BCUT2D eigenvalue weighted by atomic mass is 10.0. The molecule has 0 saturated carbocycles. The average Bonchev–Trinajstić information content (AvgIpc) is 2.36. The normalized spacial score (nSPS) is 19.3. The Morgan fingerprint density at radius 2 is 2.00 bits per heavy atom. The van der Waals surface area contributed by atoms with E-state index in [0.717, 1.165) is 10.4 Å². The van der Waals surface area contributed by atoms with Crippen LogP contribution in [0.5, 0.6) is 0 Å². The second kappa shape index (κ2) is 4.96. The third kappa shape index (κ3) is 2.49. The molecular formula is C13H18FN3O3S. The van der Waals surface area contributed by atoms with E-state index in [1.807, 2.05) is 0 Å². The Morgan fingerprint density at radius 3 is 2.62 bits per heavy atom. The van der Waals surface area contributed by atoms with E-state index >= 15 is 0 Å². The van der Waals surface area contributed by atoms with E-state index in [1.165, 1.54) is 26.8 Å². The van der Waals surface area contributed by atoms with Crippen molar-refractivity contribution in [1.82, 2.24) is 9.62 Å². The molecule has 1 aromatic rings. The minimum absolute atomic E-state index is 0.0777. The third-order valence-electron chi connectivity index (χ3n) is 3.59. The number of anilines is 1. The summed E-state index contributed by atoms with van der Waals surface area (Å²) in [7, 11) is -4.16. The highest BCUT2D eigenvalue weighted by molar-refractivity contribution is 7.89. The molecule has 116 valence electrons. The van der Waals surface area contributed by atoms with Gasteiger partial charge in [-0.3, -0.25) is 4.79 Å². The first kappa shape index (κ1) is 15.7. The number of carbonyl (C=O) groups excluding carboxylic acids is 1. The standard InChI is InChI=1S/C13H18FN3O3S/c1-8-6-9(15)7-10(11(8)14)21(19,20)17-5-4-16-12(18)13(17,2)3/h6-7H,4-5,15H2,1-3H3,(H,16,18). The van der Waals surface area contributed by atoms with Crippen LogP contribution in [0, 0.1) is 12.7 Å². The maximum atomic E-state index is 14.2. The first-order chi connectivity index (χ1) is 9.58. The molecule has 0 aliphatic carbocycles. The Hall–Kier alpha value is -1.67. The molecule has 21 heavy (non-hydrogen) atoms. The van der Waals surface area contributed by atoms with Gasteiger partial charge in [-0.05, 0) is 38.5 Å². The van der Waals surface area contributed by atoms with E-state index in [4.69, 9.17) is 5.73 Å². The van der Waals surface area contributed by atoms with E-state index in [0.29, 0.717) is 0 Å². The number of nitrogens with zero attached hydrogens (tertiary/aromatic N) is 1. The Balaban J connectivity index is 2.60. The van der Waals surface area contributed by atoms with E-state index in [1.54, 1.807) is 0 Å². The van der Waals surface area contributed by atoms with Crippen LogP contribution >= 0.6 is 0 Å². The van der Waals surface area contributed by atoms with Crippen molar-refractivity contribution in [2.24, 2.45) is 0 Å². The van der Waals surface area contributed by atoms with Crippen LogP contribution in [0.1, 0.15) is 19.4 Å². The van der Waals surface area contributed by atoms with E-state index < -0.39 is 32.2 Å². The van der Waals surface area contributed by atoms with Crippen LogP contribution < -0.4 is 11.1 Å². The topological polar surface area (TPSA) is 92.5 Å². The van der Waals surface area contributed by atoms with Crippen molar-refractivity contribution in [1.29, 1.82) is 0 Å². The Bertz CT molecular complexity index is 701. The molecule has 0 aromatic heterocycles. The molecule has 0 bridgehead atoms. The summed E-state index contributed by atoms with van der Waals surface area (Å²) >= 11 is 0. The third-order valence-corrected chi connectivity index (χ3v) is 5.66. The minimum Gasteiger partial charge on any atom is -0.399 e. The number of halogens is 1. The number of piperazine rings is 1. The molecule has 1 fully saturated rings. The molecule has 1 saturated heterocycles. The van der Waals surface area contributed by atoms with Crippen molar-refractivity contribution >= 4 is 21.6 Å². The lowest BCUT2D eigenvalue weighted by Gasteiger charge is -2.39. The summed E-state index contributed by atoms with van der Waals surface area (Å²) < 4.78 is 40.7. The van der Waals surface area contributed by atoms with Crippen molar-refractivity contribution in [2.75, 3.05) is 18.8 Å². The van der Waals surface area contributed by atoms with E-state index in [2.05, 4.69) is 5.32 Å². The summed E-state index contributed by atoms with van der Waals surface area (Å²) in [6, 6.07) is 2.45. The number of benzene rings is 1. The zero-order valence-electron chi connectivity index (χ0n) is 12.1. The van der Waals surface area contributed by atoms with Gasteiger partial charge in [-0.15, -0.1) is 0 Å². The maximum Gasteiger partial charge on any atom is 0.247 e. The van der Waals surface area contributed by atoms with Gasteiger partial charge in [-0.1, -0.05) is 0 Å². The molecule has 0 radical (unpaired) electrons. The SMILES string of the molecule is Cc1cc(N)cc(S(=O)(=O)N2CCNC(=O)C2(C)C)c1F. The van der Waals surface area contributed by atoms with Crippen molar-refractivity contribution in [3.05, 3.63) is 23.5 Å². The number of nitrogen functional groups attached to an aromatic ring is 1. The van der Waals surface area contributed by atoms with Crippen LogP contribution in [0.15, 0.2) is 17.0 Å². The fraction of sp³-hybridized carbons (Fsp3) is 0.462. The Labute approximate surface area is 123 Å². The molecule has 0 unspecified atom stereocenters. The monoisotopic (exact) mass is 315 g/mol. The van der Waals surface area contributed by atoms with Gasteiger partial charge in [0, 0.05) is 18.8 Å². The zero-order chi connectivity index (χ0) is 16.0. The molecule has 1 aromatic carbocycles. The highest BCUT2D eigenvalue weighted by Gasteiger charge is 2.45. The van der Waals surface area contributed by atoms with Crippen molar-refractivity contribution in [3.63, 3.8) is 0 Å². The van der Waals surface area contributed by atoms with Gasteiger partial charge in [0.15, 0.2) is 0 Å². The van der Waals surface area contributed by atoms with Gasteiger partial charge in [0.25, 0.3) is 0 Å². The predicted molar refractivity (Wildman–Crippen MR) is 76.5 cm³/mol. The molecule has 2 rings (SSSR count). The van der Waals surface area contributed by atoms with Gasteiger partial charge in [0.1, 0.15) is 16.3 Å². The van der Waals surface area contributed by atoms with Gasteiger partial charge in [0.05, 0.1) is 0 Å². The van der Waals surface area contributed by atoms with Crippen molar-refractivity contribution < 1.29 is 17.6 Å². The number of nitrogens with two attached hydrogens (primary N) is 1. The predicted octanol–water partition coefficient (Wildman–Crippen LogP) is 0.615. The smallest absolute Gasteiger partial charge is 0.247 e. The summed E-state index contributed by atoms with van der Waals surface area (Å²) in [6.45, 7) is 4.67. The Kier molecular flexibility index (Phi) is 3.71. The van der Waals surface area contributed by atoms with Crippen LogP contribution in [0.3, 0.4) is 0 Å². The van der Waals surface area contributed by atoms with Gasteiger partial charge in [-0.25, -0.2) is 12.8 Å². The fourth-order valence-electron chi connectivity index (χ4n) is 2.37. The highest BCUT2D eigenvalue weighted by atomic mass is 32.2. The number of amides is 1. The number of hydrogen-bond acceptors (Lipinski definition) is 4. The zero-order valence-corrected chi connectivity index (χ0v) is 12.9. The summed E-state index contributed by atoms with van der Waals surface area (Å²) in [4.78, 5) is 11.4. The summed E-state index contributed by atoms with van der Waals surface area (Å²) in [5.41, 5.74) is 4.64. The quantitative estimate of drug-likeness (QED) is 0.782. The average molecular weight is 315 g/mol. The van der Waals surface area contributed by atoms with Crippen LogP contribution in [-0.4, -0.2) is 37.3 Å². The maximum absolute atomic E-state index is 14.2. The van der Waals surface area contributed by atoms with Crippen molar-refractivity contribution in [3.8, 4) is 0 Å². The van der Waals surface area contributed by atoms with Crippen LogP contribution in [-0.2, 0) is 14.8 Å². The van der Waals surface area contributed by atoms with E-state index in [9.17, 15) is 17.6 Å². The lowest BCUT2D eigenvalue weighted by molar-refractivity contribution is -0.131. The van der Waals surface area contributed by atoms with E-state index in [-0.39, 0.29) is 24.3 Å². The fourth-order valence-corrected chi connectivity index (χ4v) is 4.30. The molecule has 8 heteroatoms. The second-order valence-corrected chi connectivity index (χ2v) is 7.37. The molecule has 1 aliphatic rings. The molecule has 6 nitrogen and oxygen atoms in total. The first-order valence-corrected chi connectivity index (χ1v) is 7.89. The minimum atomic E-state index is -4.16. The summed E-state index contributed by atoms with van der Waals surface area (Å²) in [6.07, 6.45) is 0. The molecule has 3 N–H and O–H groups in total. The number of nitrogens with one attached hydrogen (secondary N) is 1. The van der Waals surface area contributed by atoms with Crippen LogP contribution in [0.4, 0.5) is 10.1 Å². The molecule has 1 aliphatic heterocycles. The lowest BCUT2D eigenvalue weighted by Crippen LogP contribution is -2.63. The Morgan fingerprint density at radius 1 is 1.38 bits per heavy atom. The van der Waals surface area contributed by atoms with Gasteiger partial charge < -0.3 is 11.1 Å². The van der Waals surface area contributed by atoms with Gasteiger partial charge >= 0.3 is 0 Å². The van der Waals surface area contributed by atoms with Gasteiger partial charge in [-0.2, -0.15) is 4.31 Å². The van der Waals surface area contributed by atoms with Crippen LogP contribution in [0.25, 0.3) is 0 Å². The molecule has 1 amide bonds. The number of aryl methyl sites for hydroxylation is 1. The van der Waals surface area contributed by atoms with Gasteiger partial charge in [0.2, 0.25) is 15.9 Å². The summed E-state index contributed by atoms with van der Waals surface area (Å²) in [5, 5.41) is 2.60. The molecular weight excluding hydrogens is 297 g/mol. The van der Waals surface area contributed by atoms with Crippen molar-refractivity contribution in [2.45, 2.75) is 31.2 Å². The number of hydrogen-bond donors (Lipinski definition) is 2. The number of sulfonamides is 1. The highest BCUT2D eigenvalue weighted by Crippen LogP contribution is 2.30. The van der Waals surface area contributed by atoms with Crippen LogP contribution in [0.2, 0.25) is 0 Å². The second-order valence-electron chi connectivity index (χ2n) is 5.54. The number of rotatable bonds is 2. The summed E-state index contributed by atoms with van der Waals surface area (Å²) in [5.74, 6) is -1.26. The first-order valence-electron chi connectivity index (χ1n) is 6.45. The molecule has 0 spiro atoms. The molecule has 0 atom stereocenters.